The van der Waals surface area contributed by atoms with Crippen LogP contribution in [0.25, 0.3) is 6.08 Å². The predicted molar refractivity (Wildman–Crippen MR) is 151 cm³/mol. The van der Waals surface area contributed by atoms with Gasteiger partial charge < -0.3 is 9.47 Å². The van der Waals surface area contributed by atoms with Crippen LogP contribution in [0.3, 0.4) is 0 Å². The minimum atomic E-state index is -0.625. The van der Waals surface area contributed by atoms with Crippen LogP contribution in [0.2, 0.25) is 0 Å². The van der Waals surface area contributed by atoms with Gasteiger partial charge in [-0.15, -0.1) is 0 Å². The number of allylic oxidation sites excluding steroid dienone is 1. The first-order valence-electron chi connectivity index (χ1n) is 12.1. The zero-order valence-corrected chi connectivity index (χ0v) is 23.7. The number of carbonyl (C=O) groups is 1. The molecule has 8 heteroatoms. The zero-order chi connectivity index (χ0) is 26.7. The van der Waals surface area contributed by atoms with Crippen molar-refractivity contribution in [1.82, 2.24) is 4.57 Å². The highest BCUT2D eigenvalue weighted by atomic mass is 79.9. The number of halogens is 1. The van der Waals surface area contributed by atoms with Gasteiger partial charge in [-0.1, -0.05) is 68.2 Å². The van der Waals surface area contributed by atoms with E-state index >= 15 is 0 Å². The van der Waals surface area contributed by atoms with E-state index < -0.39 is 12.0 Å². The lowest BCUT2D eigenvalue weighted by Crippen LogP contribution is -2.39. The number of esters is 1. The molecule has 0 amide bonds. The fourth-order valence-electron chi connectivity index (χ4n) is 4.19. The molecule has 0 saturated carbocycles. The van der Waals surface area contributed by atoms with Gasteiger partial charge in [0.15, 0.2) is 4.80 Å². The summed E-state index contributed by atoms with van der Waals surface area (Å²) in [5.41, 5.74) is 3.57. The number of carbonyl (C=O) groups excluding carboxylic acids is 1. The summed E-state index contributed by atoms with van der Waals surface area (Å²) in [5.74, 6) is 0.596. The van der Waals surface area contributed by atoms with Crippen molar-refractivity contribution in [1.29, 1.82) is 0 Å². The summed E-state index contributed by atoms with van der Waals surface area (Å²) in [6.45, 7) is 12.1. The van der Waals surface area contributed by atoms with Crippen molar-refractivity contribution in [3.63, 3.8) is 0 Å². The molecular formula is C29H29BrN2O4S. The number of thiazole rings is 1. The second-order valence-electron chi connectivity index (χ2n) is 8.91. The molecule has 0 spiro atoms. The molecule has 0 aliphatic carbocycles. The Bertz CT molecular complexity index is 1550. The lowest BCUT2D eigenvalue weighted by Gasteiger charge is -2.25. The van der Waals surface area contributed by atoms with Crippen molar-refractivity contribution >= 4 is 39.3 Å². The van der Waals surface area contributed by atoms with E-state index in [1.54, 1.807) is 24.5 Å². The molecule has 2 aromatic carbocycles. The number of hydrogen-bond acceptors (Lipinski definition) is 6. The number of benzene rings is 2. The molecule has 0 N–H and O–H groups in total. The molecule has 1 aliphatic rings. The summed E-state index contributed by atoms with van der Waals surface area (Å²) in [4.78, 5) is 32.0. The van der Waals surface area contributed by atoms with Crippen molar-refractivity contribution in [2.24, 2.45) is 4.99 Å². The topological polar surface area (TPSA) is 69.9 Å². The Morgan fingerprint density at radius 2 is 1.97 bits per heavy atom. The Labute approximate surface area is 228 Å². The third-order valence-electron chi connectivity index (χ3n) is 6.05. The van der Waals surface area contributed by atoms with E-state index in [0.29, 0.717) is 38.9 Å². The van der Waals surface area contributed by atoms with Gasteiger partial charge in [-0.25, -0.2) is 9.79 Å². The molecule has 4 rings (SSSR count). The second-order valence-corrected chi connectivity index (χ2v) is 10.8. The lowest BCUT2D eigenvalue weighted by atomic mass is 9.93. The van der Waals surface area contributed by atoms with Crippen molar-refractivity contribution < 1.29 is 14.3 Å². The molecule has 2 heterocycles. The van der Waals surface area contributed by atoms with Crippen LogP contribution >= 0.6 is 27.3 Å². The highest BCUT2D eigenvalue weighted by Gasteiger charge is 2.33. The summed E-state index contributed by atoms with van der Waals surface area (Å²) < 4.78 is 13.9. The molecule has 6 nitrogen and oxygen atoms in total. The number of fused-ring (bicyclic) bond motifs is 1. The molecule has 0 bridgehead atoms. The second kappa shape index (κ2) is 11.4. The van der Waals surface area contributed by atoms with Gasteiger partial charge in [0, 0.05) is 0 Å². The SMILES string of the molecule is C=CCOc1ccc(C=c2sc3n(c2=O)C(c2ccc(C(C)C)cc2)C(C(=O)OCC)=C(C)N=3)cc1Br. The average molecular weight is 582 g/mol. The highest BCUT2D eigenvalue weighted by Crippen LogP contribution is 2.31. The summed E-state index contributed by atoms with van der Waals surface area (Å²) in [7, 11) is 0. The first-order valence-corrected chi connectivity index (χ1v) is 13.7. The predicted octanol–water partition coefficient (Wildman–Crippen LogP) is 5.25. The van der Waals surface area contributed by atoms with Crippen LogP contribution in [0.5, 0.6) is 5.75 Å². The largest absolute Gasteiger partial charge is 0.488 e. The normalized spacial score (nSPS) is 15.4. The Morgan fingerprint density at radius 1 is 1.24 bits per heavy atom. The Balaban J connectivity index is 1.86. The van der Waals surface area contributed by atoms with E-state index in [1.165, 1.54) is 16.9 Å². The fourth-order valence-corrected chi connectivity index (χ4v) is 5.75. The molecule has 192 valence electrons. The van der Waals surface area contributed by atoms with Crippen LogP contribution in [0, 0.1) is 0 Å². The standard InChI is InChI=1S/C29H29BrN2O4S/c1-6-14-36-23-13-8-19(15-22(23)30)16-24-27(33)32-26(21-11-9-20(10-12-21)17(3)4)25(28(34)35-7-2)18(5)31-29(32)37-24/h6,8-13,15-17,26H,1,7,14H2,2-5H3. The Kier molecular flexibility index (Phi) is 8.29. The molecule has 0 fully saturated rings. The van der Waals surface area contributed by atoms with Crippen LogP contribution in [-0.2, 0) is 9.53 Å². The Morgan fingerprint density at radius 3 is 2.59 bits per heavy atom. The smallest absolute Gasteiger partial charge is 0.338 e. The fraction of sp³-hybridized carbons (Fsp3) is 0.276. The van der Waals surface area contributed by atoms with Gasteiger partial charge in [-0.2, -0.15) is 0 Å². The van der Waals surface area contributed by atoms with Crippen LogP contribution in [0.4, 0.5) is 0 Å². The monoisotopic (exact) mass is 580 g/mol. The number of ether oxygens (including phenoxy) is 2. The van der Waals surface area contributed by atoms with Crippen LogP contribution in [-0.4, -0.2) is 23.8 Å². The maximum Gasteiger partial charge on any atom is 0.338 e. The third kappa shape index (κ3) is 5.55. The zero-order valence-electron chi connectivity index (χ0n) is 21.3. The Hall–Kier alpha value is -3.23. The van der Waals surface area contributed by atoms with Gasteiger partial charge in [0.25, 0.3) is 5.56 Å². The van der Waals surface area contributed by atoms with Gasteiger partial charge >= 0.3 is 5.97 Å². The van der Waals surface area contributed by atoms with Crippen LogP contribution in [0.1, 0.15) is 56.3 Å². The summed E-state index contributed by atoms with van der Waals surface area (Å²) >= 11 is 4.83. The summed E-state index contributed by atoms with van der Waals surface area (Å²) in [5, 5.41) is 0. The molecule has 1 aliphatic heterocycles. The van der Waals surface area contributed by atoms with Gasteiger partial charge in [0.2, 0.25) is 0 Å². The van der Waals surface area contributed by atoms with Crippen LogP contribution < -0.4 is 19.6 Å². The van der Waals surface area contributed by atoms with Gasteiger partial charge in [0.1, 0.15) is 12.4 Å². The van der Waals surface area contributed by atoms with Gasteiger partial charge in [-0.05, 0) is 70.6 Å². The maximum absolute atomic E-state index is 13.8. The number of nitrogens with zero attached hydrogens (tertiary/aromatic N) is 2. The van der Waals surface area contributed by atoms with E-state index in [-0.39, 0.29) is 12.2 Å². The minimum absolute atomic E-state index is 0.209. The van der Waals surface area contributed by atoms with E-state index in [2.05, 4.69) is 41.3 Å². The minimum Gasteiger partial charge on any atom is -0.488 e. The van der Waals surface area contributed by atoms with E-state index in [0.717, 1.165) is 15.6 Å². The van der Waals surface area contributed by atoms with Crippen LogP contribution in [0.15, 0.2) is 80.6 Å². The van der Waals surface area contributed by atoms with Gasteiger partial charge in [-0.3, -0.25) is 9.36 Å². The van der Waals surface area contributed by atoms with E-state index in [4.69, 9.17) is 9.47 Å². The van der Waals surface area contributed by atoms with Crippen molar-refractivity contribution in [3.05, 3.63) is 107 Å². The summed E-state index contributed by atoms with van der Waals surface area (Å²) in [6.07, 6.45) is 3.51. The molecular weight excluding hydrogens is 552 g/mol. The molecule has 0 saturated heterocycles. The number of hydrogen-bond donors (Lipinski definition) is 0. The quantitative estimate of drug-likeness (QED) is 0.269. The first kappa shape index (κ1) is 26.8. The summed E-state index contributed by atoms with van der Waals surface area (Å²) in [6, 6.07) is 13.1. The van der Waals surface area contributed by atoms with Crippen molar-refractivity contribution in [2.45, 2.75) is 39.7 Å². The van der Waals surface area contributed by atoms with Crippen molar-refractivity contribution in [3.8, 4) is 5.75 Å². The molecule has 1 aromatic heterocycles. The lowest BCUT2D eigenvalue weighted by molar-refractivity contribution is -0.139. The molecule has 1 unspecified atom stereocenters. The van der Waals surface area contributed by atoms with Crippen molar-refractivity contribution in [2.75, 3.05) is 13.2 Å². The number of aromatic nitrogens is 1. The molecule has 1 atom stereocenters. The van der Waals surface area contributed by atoms with E-state index in [1.807, 2.05) is 48.5 Å². The van der Waals surface area contributed by atoms with E-state index in [9.17, 15) is 9.59 Å². The highest BCUT2D eigenvalue weighted by molar-refractivity contribution is 9.10. The first-order chi connectivity index (χ1) is 17.7. The third-order valence-corrected chi connectivity index (χ3v) is 7.65. The van der Waals surface area contributed by atoms with Gasteiger partial charge in [0.05, 0.1) is 32.9 Å². The number of rotatable bonds is 8. The molecule has 3 aromatic rings. The maximum atomic E-state index is 13.8. The molecule has 0 radical (unpaired) electrons. The average Bonchev–Trinajstić information content (AvgIpc) is 3.17. The molecule has 37 heavy (non-hydrogen) atoms.